The van der Waals surface area contributed by atoms with Crippen LogP contribution in [0.15, 0.2) is 72.2 Å². The molecule has 0 aliphatic carbocycles. The second-order valence-electron chi connectivity index (χ2n) is 5.73. The number of benzene rings is 2. The first-order valence-corrected chi connectivity index (χ1v) is 9.45. The Morgan fingerprint density at radius 1 is 1.04 bits per heavy atom. The Morgan fingerprint density at radius 2 is 1.68 bits per heavy atom. The third-order valence-corrected chi connectivity index (χ3v) is 5.62. The molecule has 0 spiro atoms. The quantitative estimate of drug-likeness (QED) is 0.737. The molecule has 5 heteroatoms. The van der Waals surface area contributed by atoms with Crippen LogP contribution in [-0.2, 0) is 16.6 Å². The van der Waals surface area contributed by atoms with E-state index in [1.807, 2.05) is 43.3 Å². The van der Waals surface area contributed by atoms with Crippen LogP contribution in [0.3, 0.4) is 0 Å². The average molecular weight is 357 g/mol. The molecule has 0 aromatic heterocycles. The zero-order chi connectivity index (χ0) is 18.3. The molecule has 132 valence electrons. The van der Waals surface area contributed by atoms with E-state index < -0.39 is 10.0 Å². The highest BCUT2D eigenvalue weighted by atomic mass is 32.2. The summed E-state index contributed by atoms with van der Waals surface area (Å²) in [6.45, 7) is 6.07. The molecular weight excluding hydrogens is 334 g/mol. The predicted octanol–water partition coefficient (Wildman–Crippen LogP) is 3.38. The summed E-state index contributed by atoms with van der Waals surface area (Å²) in [4.78, 5) is 0.278. The topological polar surface area (TPSA) is 57.6 Å². The maximum Gasteiger partial charge on any atom is 0.243 e. The number of aliphatic hydroxyl groups excluding tert-OH is 1. The lowest BCUT2D eigenvalue weighted by molar-refractivity contribution is 0.282. The zero-order valence-corrected chi connectivity index (χ0v) is 15.1. The average Bonchev–Trinajstić information content (AvgIpc) is 2.62. The molecule has 0 saturated heterocycles. The van der Waals surface area contributed by atoms with E-state index in [-0.39, 0.29) is 24.6 Å². The second-order valence-corrected chi connectivity index (χ2v) is 7.66. The molecule has 0 atom stereocenters. The molecule has 0 radical (unpaired) electrons. The van der Waals surface area contributed by atoms with E-state index in [2.05, 4.69) is 6.58 Å². The molecule has 2 aromatic carbocycles. The van der Waals surface area contributed by atoms with Crippen LogP contribution in [0.1, 0.15) is 16.7 Å². The van der Waals surface area contributed by atoms with Gasteiger partial charge < -0.3 is 5.11 Å². The molecule has 0 amide bonds. The van der Waals surface area contributed by atoms with Crippen molar-refractivity contribution in [2.75, 3.05) is 13.1 Å². The first kappa shape index (κ1) is 19.1. The summed E-state index contributed by atoms with van der Waals surface area (Å²) in [5.41, 5.74) is 2.80. The van der Waals surface area contributed by atoms with E-state index in [0.29, 0.717) is 0 Å². The summed E-state index contributed by atoms with van der Waals surface area (Å²) in [5, 5.41) is 9.05. The van der Waals surface area contributed by atoms with Gasteiger partial charge in [0.2, 0.25) is 10.0 Å². The van der Waals surface area contributed by atoms with Gasteiger partial charge >= 0.3 is 0 Å². The van der Waals surface area contributed by atoms with E-state index in [1.54, 1.807) is 30.3 Å². The highest BCUT2D eigenvalue weighted by Gasteiger charge is 2.22. The lowest BCUT2D eigenvalue weighted by atomic mass is 10.1. The SMILES string of the molecule is C=CCN(C/C=C/c1ccc(CO)cc1)S(=O)(=O)c1ccc(C)cc1. The van der Waals surface area contributed by atoms with E-state index in [4.69, 9.17) is 5.11 Å². The van der Waals surface area contributed by atoms with Crippen molar-refractivity contribution in [3.05, 3.63) is 84.0 Å². The Labute approximate surface area is 149 Å². The van der Waals surface area contributed by atoms with Crippen LogP contribution in [0.4, 0.5) is 0 Å². The van der Waals surface area contributed by atoms with Crippen LogP contribution in [0, 0.1) is 6.92 Å². The van der Waals surface area contributed by atoms with Crippen molar-refractivity contribution in [3.8, 4) is 0 Å². The van der Waals surface area contributed by atoms with Crippen LogP contribution in [0.2, 0.25) is 0 Å². The van der Waals surface area contributed by atoms with Crippen LogP contribution >= 0.6 is 0 Å². The van der Waals surface area contributed by atoms with Gasteiger partial charge in [-0.1, -0.05) is 60.2 Å². The van der Waals surface area contributed by atoms with Crippen molar-refractivity contribution in [1.29, 1.82) is 0 Å². The number of aryl methyl sites for hydroxylation is 1. The number of nitrogens with zero attached hydrogens (tertiary/aromatic N) is 1. The van der Waals surface area contributed by atoms with Gasteiger partial charge in [-0.2, -0.15) is 4.31 Å². The van der Waals surface area contributed by atoms with Gasteiger partial charge in [0, 0.05) is 13.1 Å². The molecule has 1 N–H and O–H groups in total. The van der Waals surface area contributed by atoms with Gasteiger partial charge in [-0.3, -0.25) is 0 Å². The molecule has 2 aromatic rings. The van der Waals surface area contributed by atoms with E-state index in [1.165, 1.54) is 4.31 Å². The fourth-order valence-corrected chi connectivity index (χ4v) is 3.68. The monoisotopic (exact) mass is 357 g/mol. The number of aliphatic hydroxyl groups is 1. The number of rotatable bonds is 8. The largest absolute Gasteiger partial charge is 0.392 e. The Bertz CT molecular complexity index is 822. The minimum absolute atomic E-state index is 0.00585. The van der Waals surface area contributed by atoms with E-state index >= 15 is 0 Å². The van der Waals surface area contributed by atoms with Gasteiger partial charge in [-0.25, -0.2) is 8.42 Å². The molecule has 25 heavy (non-hydrogen) atoms. The van der Waals surface area contributed by atoms with Crippen molar-refractivity contribution in [2.45, 2.75) is 18.4 Å². The van der Waals surface area contributed by atoms with Crippen LogP contribution < -0.4 is 0 Å². The lowest BCUT2D eigenvalue weighted by Crippen LogP contribution is -2.31. The molecule has 4 nitrogen and oxygen atoms in total. The number of hydrogen-bond donors (Lipinski definition) is 1. The normalized spacial score (nSPS) is 12.0. The van der Waals surface area contributed by atoms with Crippen molar-refractivity contribution in [1.82, 2.24) is 4.31 Å². The lowest BCUT2D eigenvalue weighted by Gasteiger charge is -2.19. The molecule has 2 rings (SSSR count). The Kier molecular flexibility index (Phi) is 6.70. The van der Waals surface area contributed by atoms with Crippen LogP contribution in [0.25, 0.3) is 6.08 Å². The Hall–Kier alpha value is -2.21. The predicted molar refractivity (Wildman–Crippen MR) is 102 cm³/mol. The zero-order valence-electron chi connectivity index (χ0n) is 14.3. The van der Waals surface area contributed by atoms with Crippen molar-refractivity contribution in [2.24, 2.45) is 0 Å². The summed E-state index contributed by atoms with van der Waals surface area (Å²) in [7, 11) is -3.57. The Balaban J connectivity index is 2.15. The first-order chi connectivity index (χ1) is 12.0. The van der Waals surface area contributed by atoms with Gasteiger partial charge in [0.15, 0.2) is 0 Å². The van der Waals surface area contributed by atoms with Crippen molar-refractivity contribution in [3.63, 3.8) is 0 Å². The molecule has 0 aliphatic heterocycles. The smallest absolute Gasteiger partial charge is 0.243 e. The standard InChI is InChI=1S/C20H23NO3S/c1-3-14-21(25(23,24)20-12-6-17(2)7-13-20)15-4-5-18-8-10-19(16-22)11-9-18/h3-13,22H,1,14-16H2,2H3/b5-4+. The first-order valence-electron chi connectivity index (χ1n) is 8.01. The summed E-state index contributed by atoms with van der Waals surface area (Å²) >= 11 is 0. The van der Waals surface area contributed by atoms with Gasteiger partial charge in [-0.05, 0) is 30.2 Å². The molecular formula is C20H23NO3S. The fraction of sp³-hybridized carbons (Fsp3) is 0.200. The maximum atomic E-state index is 12.8. The third-order valence-electron chi connectivity index (χ3n) is 3.77. The number of sulfonamides is 1. The third kappa shape index (κ3) is 5.13. The van der Waals surface area contributed by atoms with Gasteiger partial charge in [0.05, 0.1) is 11.5 Å². The van der Waals surface area contributed by atoms with E-state index in [0.717, 1.165) is 16.7 Å². The molecule has 0 fully saturated rings. The molecule has 0 saturated carbocycles. The van der Waals surface area contributed by atoms with Gasteiger partial charge in [0.25, 0.3) is 0 Å². The molecule has 0 heterocycles. The van der Waals surface area contributed by atoms with E-state index in [9.17, 15) is 8.42 Å². The fourth-order valence-electron chi connectivity index (χ4n) is 2.31. The summed E-state index contributed by atoms with van der Waals surface area (Å²) in [6.07, 6.45) is 5.25. The van der Waals surface area contributed by atoms with Crippen molar-refractivity contribution < 1.29 is 13.5 Å². The summed E-state index contributed by atoms with van der Waals surface area (Å²) < 4.78 is 26.9. The molecule has 0 bridgehead atoms. The summed E-state index contributed by atoms with van der Waals surface area (Å²) in [6, 6.07) is 14.3. The van der Waals surface area contributed by atoms with Crippen molar-refractivity contribution >= 4 is 16.1 Å². The van der Waals surface area contributed by atoms with Gasteiger partial charge in [-0.15, -0.1) is 6.58 Å². The highest BCUT2D eigenvalue weighted by molar-refractivity contribution is 7.89. The summed E-state index contributed by atoms with van der Waals surface area (Å²) in [5.74, 6) is 0. The van der Waals surface area contributed by atoms with Crippen LogP contribution in [-0.4, -0.2) is 30.9 Å². The van der Waals surface area contributed by atoms with Gasteiger partial charge in [0.1, 0.15) is 0 Å². The minimum Gasteiger partial charge on any atom is -0.392 e. The van der Waals surface area contributed by atoms with Crippen LogP contribution in [0.5, 0.6) is 0 Å². The minimum atomic E-state index is -3.57. The maximum absolute atomic E-state index is 12.8. The molecule has 0 aliphatic rings. The highest BCUT2D eigenvalue weighted by Crippen LogP contribution is 2.17. The number of hydrogen-bond acceptors (Lipinski definition) is 3. The second kappa shape index (κ2) is 8.76. The Morgan fingerprint density at radius 3 is 2.24 bits per heavy atom. The molecule has 0 unspecified atom stereocenters.